The van der Waals surface area contributed by atoms with E-state index >= 15 is 0 Å². The molecule has 0 bridgehead atoms. The molecular weight excluding hydrogens is 242 g/mol. The highest BCUT2D eigenvalue weighted by Crippen LogP contribution is 2.16. The van der Waals surface area contributed by atoms with Gasteiger partial charge >= 0.3 is 6.01 Å². The number of rotatable bonds is 4. The van der Waals surface area contributed by atoms with Crippen molar-refractivity contribution in [2.24, 2.45) is 0 Å². The Morgan fingerprint density at radius 2 is 1.94 bits per heavy atom. The SMILES string of the molecule is CCCOc1nc(Cl)nc(-c2cncnc2)n1. The quantitative estimate of drug-likeness (QED) is 0.825. The molecule has 17 heavy (non-hydrogen) atoms. The molecule has 0 amide bonds. The fourth-order valence-corrected chi connectivity index (χ4v) is 1.29. The van der Waals surface area contributed by atoms with Crippen molar-refractivity contribution in [2.45, 2.75) is 13.3 Å². The maximum Gasteiger partial charge on any atom is 0.321 e. The minimum atomic E-state index is 0.0879. The maximum atomic E-state index is 5.80. The first kappa shape index (κ1) is 11.7. The van der Waals surface area contributed by atoms with Crippen LogP contribution in [0.4, 0.5) is 0 Å². The van der Waals surface area contributed by atoms with E-state index < -0.39 is 0 Å². The van der Waals surface area contributed by atoms with Crippen molar-refractivity contribution < 1.29 is 4.74 Å². The predicted molar refractivity (Wildman–Crippen MR) is 61.6 cm³/mol. The summed E-state index contributed by atoms with van der Waals surface area (Å²) in [6, 6.07) is 0.214. The van der Waals surface area contributed by atoms with Gasteiger partial charge in [0.05, 0.1) is 12.2 Å². The molecule has 2 aromatic heterocycles. The summed E-state index contributed by atoms with van der Waals surface area (Å²) < 4.78 is 5.31. The van der Waals surface area contributed by atoms with Gasteiger partial charge < -0.3 is 4.74 Å². The van der Waals surface area contributed by atoms with Crippen LogP contribution in [0.2, 0.25) is 5.28 Å². The molecule has 0 spiro atoms. The molecule has 0 atom stereocenters. The maximum absolute atomic E-state index is 5.80. The molecule has 6 nitrogen and oxygen atoms in total. The van der Waals surface area contributed by atoms with E-state index in [-0.39, 0.29) is 11.3 Å². The Bertz CT molecular complexity index is 493. The Kier molecular flexibility index (Phi) is 3.77. The lowest BCUT2D eigenvalue weighted by Gasteiger charge is -2.04. The molecule has 0 aliphatic heterocycles. The smallest absolute Gasteiger partial charge is 0.321 e. The summed E-state index contributed by atoms with van der Waals surface area (Å²) in [6.07, 6.45) is 5.50. The van der Waals surface area contributed by atoms with E-state index in [1.165, 1.54) is 6.33 Å². The van der Waals surface area contributed by atoms with E-state index in [1.54, 1.807) is 12.4 Å². The molecular formula is C10H10ClN5O. The van der Waals surface area contributed by atoms with Crippen LogP contribution in [0.3, 0.4) is 0 Å². The van der Waals surface area contributed by atoms with Gasteiger partial charge in [0.25, 0.3) is 0 Å². The molecule has 0 unspecified atom stereocenters. The Balaban J connectivity index is 2.32. The normalized spacial score (nSPS) is 10.2. The summed E-state index contributed by atoms with van der Waals surface area (Å²) in [4.78, 5) is 19.8. The summed E-state index contributed by atoms with van der Waals surface area (Å²) in [5, 5.41) is 0.0879. The number of halogens is 1. The number of hydrogen-bond donors (Lipinski definition) is 0. The van der Waals surface area contributed by atoms with E-state index in [0.29, 0.717) is 18.0 Å². The third kappa shape index (κ3) is 3.07. The van der Waals surface area contributed by atoms with Crippen molar-refractivity contribution >= 4 is 11.6 Å². The van der Waals surface area contributed by atoms with Crippen LogP contribution in [0.1, 0.15) is 13.3 Å². The molecule has 0 fully saturated rings. The average Bonchev–Trinajstić information content (AvgIpc) is 2.37. The van der Waals surface area contributed by atoms with Crippen LogP contribution < -0.4 is 4.74 Å². The van der Waals surface area contributed by atoms with Gasteiger partial charge in [-0.1, -0.05) is 6.92 Å². The second-order valence-electron chi connectivity index (χ2n) is 3.19. The largest absolute Gasteiger partial charge is 0.463 e. The van der Waals surface area contributed by atoms with Crippen molar-refractivity contribution in [3.8, 4) is 17.4 Å². The van der Waals surface area contributed by atoms with Gasteiger partial charge in [0, 0.05) is 12.4 Å². The second kappa shape index (κ2) is 5.49. The fraction of sp³-hybridized carbons (Fsp3) is 0.300. The zero-order valence-corrected chi connectivity index (χ0v) is 9.92. The highest BCUT2D eigenvalue weighted by molar-refractivity contribution is 6.28. The fourth-order valence-electron chi connectivity index (χ4n) is 1.13. The highest BCUT2D eigenvalue weighted by Gasteiger charge is 2.08. The van der Waals surface area contributed by atoms with E-state index in [1.807, 2.05) is 6.92 Å². The number of ether oxygens (including phenoxy) is 1. The van der Waals surface area contributed by atoms with Crippen molar-refractivity contribution in [2.75, 3.05) is 6.61 Å². The van der Waals surface area contributed by atoms with Crippen LogP contribution in [0.5, 0.6) is 6.01 Å². The zero-order chi connectivity index (χ0) is 12.1. The zero-order valence-electron chi connectivity index (χ0n) is 9.17. The Morgan fingerprint density at radius 1 is 1.18 bits per heavy atom. The molecule has 0 aliphatic carbocycles. The average molecular weight is 252 g/mol. The van der Waals surface area contributed by atoms with Crippen LogP contribution in [-0.4, -0.2) is 31.5 Å². The lowest BCUT2D eigenvalue weighted by molar-refractivity contribution is 0.291. The highest BCUT2D eigenvalue weighted by atomic mass is 35.5. The second-order valence-corrected chi connectivity index (χ2v) is 3.52. The van der Waals surface area contributed by atoms with E-state index in [4.69, 9.17) is 16.3 Å². The molecule has 2 rings (SSSR count). The summed E-state index contributed by atoms with van der Waals surface area (Å²) >= 11 is 5.80. The molecule has 7 heteroatoms. The molecule has 0 saturated heterocycles. The lowest BCUT2D eigenvalue weighted by Crippen LogP contribution is -2.03. The Labute approximate surface area is 103 Å². The first-order valence-electron chi connectivity index (χ1n) is 5.09. The number of hydrogen-bond acceptors (Lipinski definition) is 6. The third-order valence-electron chi connectivity index (χ3n) is 1.84. The van der Waals surface area contributed by atoms with Gasteiger partial charge in [0.15, 0.2) is 5.82 Å². The van der Waals surface area contributed by atoms with Crippen molar-refractivity contribution in [3.63, 3.8) is 0 Å². The number of nitrogens with zero attached hydrogens (tertiary/aromatic N) is 5. The Hall–Kier alpha value is -1.82. The van der Waals surface area contributed by atoms with Gasteiger partial charge in [0.2, 0.25) is 5.28 Å². The summed E-state index contributed by atoms with van der Waals surface area (Å²) in [6.45, 7) is 2.53. The molecule has 0 radical (unpaired) electrons. The van der Waals surface area contributed by atoms with Crippen LogP contribution >= 0.6 is 11.6 Å². The summed E-state index contributed by atoms with van der Waals surface area (Å²) in [5.41, 5.74) is 0.665. The van der Waals surface area contributed by atoms with Crippen molar-refractivity contribution in [1.29, 1.82) is 0 Å². The van der Waals surface area contributed by atoms with E-state index in [2.05, 4.69) is 24.9 Å². The number of aromatic nitrogens is 5. The molecule has 2 heterocycles. The monoisotopic (exact) mass is 251 g/mol. The first-order chi connectivity index (χ1) is 8.29. The van der Waals surface area contributed by atoms with E-state index in [0.717, 1.165) is 6.42 Å². The molecule has 0 aromatic carbocycles. The minimum Gasteiger partial charge on any atom is -0.463 e. The van der Waals surface area contributed by atoms with Crippen molar-refractivity contribution in [1.82, 2.24) is 24.9 Å². The van der Waals surface area contributed by atoms with Gasteiger partial charge in [-0.15, -0.1) is 0 Å². The van der Waals surface area contributed by atoms with Crippen LogP contribution in [-0.2, 0) is 0 Å². The molecule has 0 saturated carbocycles. The van der Waals surface area contributed by atoms with Gasteiger partial charge in [0.1, 0.15) is 6.33 Å². The van der Waals surface area contributed by atoms with E-state index in [9.17, 15) is 0 Å². The standard InChI is InChI=1S/C10H10ClN5O/c1-2-3-17-10-15-8(14-9(11)16-10)7-4-12-6-13-5-7/h4-6H,2-3H2,1H3. The van der Waals surface area contributed by atoms with Gasteiger partial charge in [-0.3, -0.25) is 0 Å². The van der Waals surface area contributed by atoms with Gasteiger partial charge in [-0.05, 0) is 18.0 Å². The van der Waals surface area contributed by atoms with Crippen molar-refractivity contribution in [3.05, 3.63) is 24.0 Å². The minimum absolute atomic E-state index is 0.0879. The predicted octanol–water partition coefficient (Wildman–Crippen LogP) is 1.77. The first-order valence-corrected chi connectivity index (χ1v) is 5.47. The summed E-state index contributed by atoms with van der Waals surface area (Å²) in [5.74, 6) is 0.400. The van der Waals surface area contributed by atoms with Crippen LogP contribution in [0, 0.1) is 0 Å². The molecule has 0 N–H and O–H groups in total. The molecule has 2 aromatic rings. The topological polar surface area (TPSA) is 73.7 Å². The summed E-state index contributed by atoms with van der Waals surface area (Å²) in [7, 11) is 0. The molecule has 88 valence electrons. The third-order valence-corrected chi connectivity index (χ3v) is 2.01. The van der Waals surface area contributed by atoms with Gasteiger partial charge in [-0.25, -0.2) is 9.97 Å². The van der Waals surface area contributed by atoms with Crippen LogP contribution in [0.15, 0.2) is 18.7 Å². The van der Waals surface area contributed by atoms with Gasteiger partial charge in [-0.2, -0.15) is 15.0 Å². The molecule has 0 aliphatic rings. The van der Waals surface area contributed by atoms with Crippen LogP contribution in [0.25, 0.3) is 11.4 Å². The Morgan fingerprint density at radius 3 is 2.65 bits per heavy atom. The lowest BCUT2D eigenvalue weighted by atomic mass is 10.3.